The van der Waals surface area contributed by atoms with E-state index in [-0.39, 0.29) is 5.91 Å². The molecule has 3 N–H and O–H groups in total. The fourth-order valence-electron chi connectivity index (χ4n) is 1.49. The number of thiophene rings is 1. The van der Waals surface area contributed by atoms with Gasteiger partial charge in [-0.2, -0.15) is 5.10 Å². The van der Waals surface area contributed by atoms with E-state index < -0.39 is 0 Å². The summed E-state index contributed by atoms with van der Waals surface area (Å²) in [6, 6.07) is 1.76. The van der Waals surface area contributed by atoms with Gasteiger partial charge in [0.1, 0.15) is 9.71 Å². The Morgan fingerprint density at radius 3 is 3.17 bits per heavy atom. The summed E-state index contributed by atoms with van der Waals surface area (Å²) < 4.78 is 0. The van der Waals surface area contributed by atoms with E-state index in [1.807, 2.05) is 0 Å². The molecule has 0 aliphatic heterocycles. The van der Waals surface area contributed by atoms with Crippen LogP contribution in [-0.4, -0.2) is 22.6 Å². The fraction of sp³-hybridized carbons (Fsp3) is 0.250. The zero-order valence-corrected chi connectivity index (χ0v) is 10.7. The van der Waals surface area contributed by atoms with Gasteiger partial charge in [0, 0.05) is 18.4 Å². The van der Waals surface area contributed by atoms with Gasteiger partial charge in [-0.25, -0.2) is 0 Å². The van der Waals surface area contributed by atoms with Crippen LogP contribution in [0.4, 0.5) is 5.69 Å². The molecule has 0 saturated heterocycles. The van der Waals surface area contributed by atoms with Crippen molar-refractivity contribution in [1.29, 1.82) is 0 Å². The summed E-state index contributed by atoms with van der Waals surface area (Å²) in [4.78, 5) is 13.1. The van der Waals surface area contributed by atoms with Crippen molar-refractivity contribution in [2.45, 2.75) is 13.3 Å². The number of rotatable bonds is 3. The molecule has 0 saturated carbocycles. The third-order valence-corrected chi connectivity index (χ3v) is 3.44. The Bertz CT molecular complexity index is 638. The molecule has 0 aliphatic carbocycles. The second kappa shape index (κ2) is 5.47. The second-order valence-electron chi connectivity index (χ2n) is 3.53. The maximum Gasteiger partial charge on any atom is 0.263 e. The fourth-order valence-corrected chi connectivity index (χ4v) is 2.44. The highest BCUT2D eigenvalue weighted by Gasteiger charge is 2.16. The van der Waals surface area contributed by atoms with E-state index in [0.29, 0.717) is 28.4 Å². The zero-order valence-electron chi connectivity index (χ0n) is 9.86. The van der Waals surface area contributed by atoms with E-state index in [9.17, 15) is 4.79 Å². The standard InChI is InChI=1S/C12H12N4OS/c1-2-3-4-6-14-11(17)10-9(13)8-5-7-15-16-12(8)18-10/h5,7H,4,6,13H2,1H3,(H,14,17). The van der Waals surface area contributed by atoms with Gasteiger partial charge in [0.05, 0.1) is 11.9 Å². The summed E-state index contributed by atoms with van der Waals surface area (Å²) in [5.41, 5.74) is 6.39. The van der Waals surface area contributed by atoms with Gasteiger partial charge in [-0.05, 0) is 13.0 Å². The molecular formula is C12H12N4OS. The first-order valence-corrected chi connectivity index (χ1v) is 6.23. The summed E-state index contributed by atoms with van der Waals surface area (Å²) in [6.45, 7) is 2.28. The third kappa shape index (κ3) is 2.41. The van der Waals surface area contributed by atoms with Gasteiger partial charge in [-0.15, -0.1) is 28.3 Å². The van der Waals surface area contributed by atoms with Crippen LogP contribution in [0.5, 0.6) is 0 Å². The van der Waals surface area contributed by atoms with Gasteiger partial charge >= 0.3 is 0 Å². The highest BCUT2D eigenvalue weighted by Crippen LogP contribution is 2.31. The minimum absolute atomic E-state index is 0.187. The lowest BCUT2D eigenvalue weighted by molar-refractivity contribution is 0.0959. The van der Waals surface area contributed by atoms with Crippen LogP contribution in [0.1, 0.15) is 23.0 Å². The number of hydrogen-bond donors (Lipinski definition) is 2. The number of amides is 1. The zero-order chi connectivity index (χ0) is 13.0. The topological polar surface area (TPSA) is 80.9 Å². The van der Waals surface area contributed by atoms with Crippen LogP contribution in [0.2, 0.25) is 0 Å². The molecule has 2 aromatic rings. The molecule has 1 amide bonds. The molecular weight excluding hydrogens is 248 g/mol. The van der Waals surface area contributed by atoms with Crippen molar-refractivity contribution in [2.75, 3.05) is 12.3 Å². The summed E-state index contributed by atoms with van der Waals surface area (Å²) >= 11 is 1.25. The Hall–Kier alpha value is -2.13. The van der Waals surface area contributed by atoms with Crippen LogP contribution in [0.15, 0.2) is 12.3 Å². The maximum absolute atomic E-state index is 11.9. The van der Waals surface area contributed by atoms with Crippen LogP contribution in [0.25, 0.3) is 10.2 Å². The van der Waals surface area contributed by atoms with Crippen molar-refractivity contribution in [3.8, 4) is 11.8 Å². The molecule has 2 rings (SSSR count). The smallest absolute Gasteiger partial charge is 0.263 e. The predicted octanol–water partition coefficient (Wildman–Crippen LogP) is 1.42. The van der Waals surface area contributed by atoms with Gasteiger partial charge in [-0.1, -0.05) is 0 Å². The number of carbonyl (C=O) groups excluding carboxylic acids is 1. The van der Waals surface area contributed by atoms with Crippen LogP contribution in [0.3, 0.4) is 0 Å². The molecule has 0 atom stereocenters. The SMILES string of the molecule is CC#CCCNC(=O)c1sc2nnccc2c1N. The number of nitrogen functional groups attached to an aromatic ring is 1. The summed E-state index contributed by atoms with van der Waals surface area (Å²) in [7, 11) is 0. The lowest BCUT2D eigenvalue weighted by Gasteiger charge is -2.01. The number of nitrogens with zero attached hydrogens (tertiary/aromatic N) is 2. The van der Waals surface area contributed by atoms with E-state index in [1.165, 1.54) is 11.3 Å². The minimum atomic E-state index is -0.187. The Morgan fingerprint density at radius 2 is 2.44 bits per heavy atom. The van der Waals surface area contributed by atoms with E-state index in [4.69, 9.17) is 5.73 Å². The Kier molecular flexibility index (Phi) is 3.75. The Labute approximate surface area is 108 Å². The van der Waals surface area contributed by atoms with Gasteiger partial charge in [0.25, 0.3) is 5.91 Å². The molecule has 0 aromatic carbocycles. The quantitative estimate of drug-likeness (QED) is 0.646. The number of carbonyl (C=O) groups is 1. The van der Waals surface area contributed by atoms with E-state index in [0.717, 1.165) is 5.39 Å². The average molecular weight is 260 g/mol. The molecule has 18 heavy (non-hydrogen) atoms. The molecule has 92 valence electrons. The number of nitrogens with one attached hydrogen (secondary N) is 1. The van der Waals surface area contributed by atoms with Gasteiger partial charge < -0.3 is 11.1 Å². The first-order chi connectivity index (χ1) is 8.74. The van der Waals surface area contributed by atoms with Crippen molar-refractivity contribution < 1.29 is 4.79 Å². The normalized spacial score (nSPS) is 9.83. The molecule has 5 nitrogen and oxygen atoms in total. The third-order valence-electron chi connectivity index (χ3n) is 2.34. The van der Waals surface area contributed by atoms with E-state index in [2.05, 4.69) is 27.4 Å². The van der Waals surface area contributed by atoms with Crippen molar-refractivity contribution in [3.05, 3.63) is 17.1 Å². The second-order valence-corrected chi connectivity index (χ2v) is 4.53. The van der Waals surface area contributed by atoms with E-state index in [1.54, 1.807) is 19.2 Å². The Balaban J connectivity index is 2.17. The number of nitrogens with two attached hydrogens (primary N) is 1. The van der Waals surface area contributed by atoms with Crippen LogP contribution < -0.4 is 11.1 Å². The first-order valence-electron chi connectivity index (χ1n) is 5.41. The molecule has 0 radical (unpaired) electrons. The molecule has 0 unspecified atom stereocenters. The molecule has 6 heteroatoms. The molecule has 0 aliphatic rings. The molecule has 0 spiro atoms. The largest absolute Gasteiger partial charge is 0.397 e. The first kappa shape index (κ1) is 12.3. The molecule has 2 heterocycles. The van der Waals surface area contributed by atoms with Gasteiger partial charge in [-0.3, -0.25) is 4.79 Å². The summed E-state index contributed by atoms with van der Waals surface area (Å²) in [5, 5.41) is 11.3. The van der Waals surface area contributed by atoms with Gasteiger partial charge in [0.2, 0.25) is 0 Å². The van der Waals surface area contributed by atoms with Crippen molar-refractivity contribution in [3.63, 3.8) is 0 Å². The predicted molar refractivity (Wildman–Crippen MR) is 72.2 cm³/mol. The number of aromatic nitrogens is 2. The van der Waals surface area contributed by atoms with Crippen LogP contribution in [0, 0.1) is 11.8 Å². The minimum Gasteiger partial charge on any atom is -0.397 e. The van der Waals surface area contributed by atoms with Crippen molar-refractivity contribution in [1.82, 2.24) is 15.5 Å². The van der Waals surface area contributed by atoms with Crippen molar-refractivity contribution in [2.24, 2.45) is 0 Å². The number of fused-ring (bicyclic) bond motifs is 1. The molecule has 2 aromatic heterocycles. The maximum atomic E-state index is 11.9. The number of anilines is 1. The highest BCUT2D eigenvalue weighted by molar-refractivity contribution is 7.21. The average Bonchev–Trinajstić information content (AvgIpc) is 2.73. The number of hydrogen-bond acceptors (Lipinski definition) is 5. The summed E-state index contributed by atoms with van der Waals surface area (Å²) in [5.74, 6) is 5.47. The molecule has 0 bridgehead atoms. The monoisotopic (exact) mass is 260 g/mol. The van der Waals surface area contributed by atoms with Gasteiger partial charge in [0.15, 0.2) is 0 Å². The lowest BCUT2D eigenvalue weighted by atomic mass is 10.3. The van der Waals surface area contributed by atoms with E-state index >= 15 is 0 Å². The van der Waals surface area contributed by atoms with Crippen LogP contribution in [-0.2, 0) is 0 Å². The van der Waals surface area contributed by atoms with Crippen LogP contribution >= 0.6 is 11.3 Å². The van der Waals surface area contributed by atoms with Crippen molar-refractivity contribution >= 4 is 33.1 Å². The lowest BCUT2D eigenvalue weighted by Crippen LogP contribution is -2.24. The summed E-state index contributed by atoms with van der Waals surface area (Å²) in [6.07, 6.45) is 2.19. The molecule has 0 fully saturated rings. The highest BCUT2D eigenvalue weighted by atomic mass is 32.1. The Morgan fingerprint density at radius 1 is 1.61 bits per heavy atom.